The zero-order valence-corrected chi connectivity index (χ0v) is 16.1. The van der Waals surface area contributed by atoms with Gasteiger partial charge >= 0.3 is 5.69 Å². The van der Waals surface area contributed by atoms with Crippen molar-refractivity contribution in [2.24, 2.45) is 0 Å². The fourth-order valence-electron chi connectivity index (χ4n) is 3.37. The van der Waals surface area contributed by atoms with E-state index in [1.54, 1.807) is 13.1 Å². The maximum absolute atomic E-state index is 13.0. The summed E-state index contributed by atoms with van der Waals surface area (Å²) in [4.78, 5) is 44.4. The number of aromatic amines is 2. The number of amides is 1. The zero-order valence-electron chi connectivity index (χ0n) is 16.1. The molecule has 0 fully saturated rings. The molecule has 0 aliphatic carbocycles. The molecule has 0 aliphatic rings. The quantitative estimate of drug-likeness (QED) is 0.578. The van der Waals surface area contributed by atoms with Crippen LogP contribution in [-0.2, 0) is 17.8 Å². The molecule has 3 aromatic rings. The lowest BCUT2D eigenvalue weighted by molar-refractivity contribution is -0.117. The van der Waals surface area contributed by atoms with Gasteiger partial charge in [-0.1, -0.05) is 31.5 Å². The van der Waals surface area contributed by atoms with Gasteiger partial charge in [0.2, 0.25) is 5.91 Å². The predicted octanol–water partition coefficient (Wildman–Crippen LogP) is 2.00. The number of para-hydroxylation sites is 1. The zero-order chi connectivity index (χ0) is 20.3. The van der Waals surface area contributed by atoms with Crippen LogP contribution in [0.2, 0.25) is 0 Å². The number of carbonyl (C=O) groups is 1. The van der Waals surface area contributed by atoms with E-state index in [9.17, 15) is 14.4 Å². The molecule has 3 rings (SSSR count). The highest BCUT2D eigenvalue weighted by Crippen LogP contribution is 2.22. The fraction of sp³-hybridized carbons (Fsp3) is 0.350. The SMILES string of the molecule is CCCCn1c(N)c(N(CC)C(=O)Cc2c[nH]c3ccccc23)c(=O)[nH]c1=O. The summed E-state index contributed by atoms with van der Waals surface area (Å²) in [5.41, 5.74) is 6.76. The Bertz CT molecular complexity index is 1110. The molecule has 0 saturated carbocycles. The molecule has 148 valence electrons. The topological polar surface area (TPSA) is 117 Å². The predicted molar refractivity (Wildman–Crippen MR) is 111 cm³/mol. The highest BCUT2D eigenvalue weighted by Gasteiger charge is 2.23. The first-order valence-electron chi connectivity index (χ1n) is 9.45. The molecule has 28 heavy (non-hydrogen) atoms. The van der Waals surface area contributed by atoms with Crippen LogP contribution in [0.4, 0.5) is 11.5 Å². The van der Waals surface area contributed by atoms with E-state index in [1.807, 2.05) is 31.2 Å². The molecule has 0 atom stereocenters. The van der Waals surface area contributed by atoms with Gasteiger partial charge in [-0.05, 0) is 25.0 Å². The Morgan fingerprint density at radius 3 is 2.68 bits per heavy atom. The van der Waals surface area contributed by atoms with Gasteiger partial charge in [-0.2, -0.15) is 0 Å². The van der Waals surface area contributed by atoms with Gasteiger partial charge in [-0.3, -0.25) is 19.1 Å². The lowest BCUT2D eigenvalue weighted by atomic mass is 10.1. The maximum Gasteiger partial charge on any atom is 0.330 e. The molecule has 1 aromatic carbocycles. The maximum atomic E-state index is 13.0. The molecule has 8 nitrogen and oxygen atoms in total. The van der Waals surface area contributed by atoms with E-state index in [0.717, 1.165) is 29.3 Å². The highest BCUT2D eigenvalue weighted by molar-refractivity contribution is 5.99. The standard InChI is InChI=1S/C20H25N5O3/c1-3-5-10-25-18(21)17(19(27)23-20(25)28)24(4-2)16(26)11-13-12-22-15-9-7-6-8-14(13)15/h6-9,12,22H,3-5,10-11,21H2,1-2H3,(H,23,27,28). The largest absolute Gasteiger partial charge is 0.383 e. The Hall–Kier alpha value is -3.29. The minimum Gasteiger partial charge on any atom is -0.383 e. The smallest absolute Gasteiger partial charge is 0.330 e. The summed E-state index contributed by atoms with van der Waals surface area (Å²) in [6.07, 6.45) is 3.53. The van der Waals surface area contributed by atoms with Crippen molar-refractivity contribution in [2.45, 2.75) is 39.7 Å². The Morgan fingerprint density at radius 1 is 1.21 bits per heavy atom. The van der Waals surface area contributed by atoms with Crippen molar-refractivity contribution in [2.75, 3.05) is 17.2 Å². The summed E-state index contributed by atoms with van der Waals surface area (Å²) in [6, 6.07) is 7.71. The third-order valence-corrected chi connectivity index (χ3v) is 4.85. The van der Waals surface area contributed by atoms with Gasteiger partial charge in [0.05, 0.1) is 6.42 Å². The average Bonchev–Trinajstić information content (AvgIpc) is 3.07. The first-order valence-corrected chi connectivity index (χ1v) is 9.45. The molecule has 0 saturated heterocycles. The number of nitrogen functional groups attached to an aromatic ring is 1. The van der Waals surface area contributed by atoms with Crippen molar-refractivity contribution in [3.8, 4) is 0 Å². The summed E-state index contributed by atoms with van der Waals surface area (Å²) in [5, 5.41) is 0.960. The van der Waals surface area contributed by atoms with Crippen LogP contribution >= 0.6 is 0 Å². The number of hydrogen-bond acceptors (Lipinski definition) is 4. The molecule has 0 spiro atoms. The normalized spacial score (nSPS) is 11.1. The van der Waals surface area contributed by atoms with E-state index < -0.39 is 11.2 Å². The van der Waals surface area contributed by atoms with Crippen molar-refractivity contribution in [1.82, 2.24) is 14.5 Å². The van der Waals surface area contributed by atoms with Crippen LogP contribution in [0.5, 0.6) is 0 Å². The molecule has 0 unspecified atom stereocenters. The van der Waals surface area contributed by atoms with E-state index in [-0.39, 0.29) is 30.4 Å². The fourth-order valence-corrected chi connectivity index (χ4v) is 3.37. The Kier molecular flexibility index (Phi) is 5.67. The lowest BCUT2D eigenvalue weighted by Crippen LogP contribution is -2.41. The highest BCUT2D eigenvalue weighted by atomic mass is 16.2. The molecule has 0 aliphatic heterocycles. The van der Waals surface area contributed by atoms with Crippen molar-refractivity contribution in [1.29, 1.82) is 0 Å². The summed E-state index contributed by atoms with van der Waals surface area (Å²) in [7, 11) is 0. The van der Waals surface area contributed by atoms with Crippen molar-refractivity contribution in [3.05, 3.63) is 56.9 Å². The van der Waals surface area contributed by atoms with Crippen LogP contribution in [0, 0.1) is 0 Å². The molecular weight excluding hydrogens is 358 g/mol. The molecule has 2 heterocycles. The number of hydrogen-bond donors (Lipinski definition) is 3. The average molecular weight is 383 g/mol. The minimum atomic E-state index is -0.649. The van der Waals surface area contributed by atoms with Crippen molar-refractivity contribution in [3.63, 3.8) is 0 Å². The van der Waals surface area contributed by atoms with Gasteiger partial charge in [0.25, 0.3) is 5.56 Å². The third kappa shape index (κ3) is 3.58. The Balaban J connectivity index is 1.97. The summed E-state index contributed by atoms with van der Waals surface area (Å²) >= 11 is 0. The van der Waals surface area contributed by atoms with Crippen LogP contribution in [-0.4, -0.2) is 27.0 Å². The molecule has 8 heteroatoms. The van der Waals surface area contributed by atoms with Gasteiger partial charge in [0.15, 0.2) is 5.69 Å². The molecule has 4 N–H and O–H groups in total. The van der Waals surface area contributed by atoms with E-state index in [1.165, 1.54) is 9.47 Å². The number of aromatic nitrogens is 3. The van der Waals surface area contributed by atoms with Crippen LogP contribution in [0.25, 0.3) is 10.9 Å². The van der Waals surface area contributed by atoms with Gasteiger partial charge in [-0.15, -0.1) is 0 Å². The van der Waals surface area contributed by atoms with E-state index in [2.05, 4.69) is 9.97 Å². The molecule has 2 aromatic heterocycles. The van der Waals surface area contributed by atoms with Gasteiger partial charge in [0, 0.05) is 30.2 Å². The summed E-state index contributed by atoms with van der Waals surface area (Å²) < 4.78 is 1.32. The number of anilines is 2. The van der Waals surface area contributed by atoms with E-state index in [0.29, 0.717) is 6.54 Å². The number of carbonyl (C=O) groups excluding carboxylic acids is 1. The second-order valence-corrected chi connectivity index (χ2v) is 6.67. The van der Waals surface area contributed by atoms with Crippen LogP contribution in [0.1, 0.15) is 32.3 Å². The van der Waals surface area contributed by atoms with Crippen LogP contribution < -0.4 is 21.9 Å². The number of benzene rings is 1. The number of unbranched alkanes of at least 4 members (excludes halogenated alkanes) is 1. The number of nitrogens with one attached hydrogen (secondary N) is 2. The van der Waals surface area contributed by atoms with Gasteiger partial charge in [0.1, 0.15) is 5.82 Å². The monoisotopic (exact) mass is 383 g/mol. The summed E-state index contributed by atoms with van der Waals surface area (Å²) in [5.74, 6) is -0.235. The first-order chi connectivity index (χ1) is 13.5. The van der Waals surface area contributed by atoms with Crippen molar-refractivity contribution < 1.29 is 4.79 Å². The molecular formula is C20H25N5O3. The minimum absolute atomic E-state index is 0.0244. The summed E-state index contributed by atoms with van der Waals surface area (Å²) in [6.45, 7) is 4.42. The van der Waals surface area contributed by atoms with E-state index >= 15 is 0 Å². The van der Waals surface area contributed by atoms with Crippen molar-refractivity contribution >= 4 is 28.3 Å². The first kappa shape index (κ1) is 19.5. The second-order valence-electron chi connectivity index (χ2n) is 6.67. The molecule has 0 radical (unpaired) electrons. The molecule has 1 amide bonds. The van der Waals surface area contributed by atoms with Gasteiger partial charge in [-0.25, -0.2) is 4.79 Å². The second kappa shape index (κ2) is 8.16. The Labute approximate surface area is 162 Å². The van der Waals surface area contributed by atoms with Gasteiger partial charge < -0.3 is 15.6 Å². The lowest BCUT2D eigenvalue weighted by Gasteiger charge is -2.23. The Morgan fingerprint density at radius 2 is 1.96 bits per heavy atom. The van der Waals surface area contributed by atoms with Crippen LogP contribution in [0.15, 0.2) is 40.1 Å². The number of H-pyrrole nitrogens is 2. The van der Waals surface area contributed by atoms with Crippen LogP contribution in [0.3, 0.4) is 0 Å². The number of nitrogens with zero attached hydrogens (tertiary/aromatic N) is 2. The molecule has 0 bridgehead atoms. The van der Waals surface area contributed by atoms with E-state index in [4.69, 9.17) is 5.73 Å². The third-order valence-electron chi connectivity index (χ3n) is 4.85. The number of rotatable bonds is 7. The number of likely N-dealkylation sites (N-methyl/N-ethyl adjacent to an activating group) is 1. The number of nitrogens with two attached hydrogens (primary N) is 1. The number of fused-ring (bicyclic) bond motifs is 1.